The van der Waals surface area contributed by atoms with Gasteiger partial charge in [-0.15, -0.1) is 0 Å². The van der Waals surface area contributed by atoms with E-state index in [1.54, 1.807) is 6.26 Å². The second-order valence-electron chi connectivity index (χ2n) is 7.47. The molecule has 0 aliphatic rings. The van der Waals surface area contributed by atoms with Crippen molar-refractivity contribution in [2.45, 2.75) is 46.3 Å². The number of hydrogen-bond acceptors (Lipinski definition) is 4. The van der Waals surface area contributed by atoms with Crippen molar-refractivity contribution in [2.24, 2.45) is 10.9 Å². The zero-order chi connectivity index (χ0) is 20.4. The average molecular weight is 388 g/mol. The molecule has 0 fully saturated rings. The summed E-state index contributed by atoms with van der Waals surface area (Å²) in [5.74, 6) is 2.89. The van der Waals surface area contributed by atoms with Crippen LogP contribution in [0.5, 0.6) is 5.75 Å². The van der Waals surface area contributed by atoms with Crippen LogP contribution in [0.1, 0.15) is 45.1 Å². The molecule has 0 aliphatic heterocycles. The maximum Gasteiger partial charge on any atom is 0.191 e. The van der Waals surface area contributed by atoms with Crippen LogP contribution in [0.2, 0.25) is 0 Å². The maximum absolute atomic E-state index is 10.5. The highest BCUT2D eigenvalue weighted by Gasteiger charge is 2.10. The van der Waals surface area contributed by atoms with Gasteiger partial charge in [-0.1, -0.05) is 26.0 Å². The molecule has 1 unspecified atom stereocenters. The standard InChI is InChI=1S/C22H33N3O3/c1-16(2)14-24-22(23-12-11-19-6-5-13-27-19)25-15-21(26)18-7-9-20(10-8-18)28-17(3)4/h5-10,13,16-17,21,26H,11-12,14-15H2,1-4H3,(H2,23,24,25). The van der Waals surface area contributed by atoms with Gasteiger partial charge < -0.3 is 24.9 Å². The van der Waals surface area contributed by atoms with Gasteiger partial charge in [-0.25, -0.2) is 0 Å². The predicted octanol–water partition coefficient (Wildman–Crippen LogP) is 3.53. The van der Waals surface area contributed by atoms with E-state index in [4.69, 9.17) is 9.15 Å². The van der Waals surface area contributed by atoms with Crippen molar-refractivity contribution in [1.29, 1.82) is 0 Å². The molecule has 0 bridgehead atoms. The summed E-state index contributed by atoms with van der Waals surface area (Å²) in [5.41, 5.74) is 0.836. The lowest BCUT2D eigenvalue weighted by Crippen LogP contribution is -2.40. The number of nitrogens with one attached hydrogen (secondary N) is 2. The summed E-state index contributed by atoms with van der Waals surface area (Å²) >= 11 is 0. The Bertz CT molecular complexity index is 694. The first kappa shape index (κ1) is 21.8. The van der Waals surface area contributed by atoms with Crippen molar-refractivity contribution in [3.8, 4) is 5.75 Å². The van der Waals surface area contributed by atoms with Crippen molar-refractivity contribution in [1.82, 2.24) is 10.6 Å². The maximum atomic E-state index is 10.5. The second-order valence-corrected chi connectivity index (χ2v) is 7.47. The van der Waals surface area contributed by atoms with Crippen LogP contribution < -0.4 is 15.4 Å². The predicted molar refractivity (Wildman–Crippen MR) is 113 cm³/mol. The Labute approximate surface area is 168 Å². The van der Waals surface area contributed by atoms with Gasteiger partial charge in [0.1, 0.15) is 11.5 Å². The summed E-state index contributed by atoms with van der Waals surface area (Å²) in [6.07, 6.45) is 1.94. The number of aliphatic imine (C=N–C) groups is 1. The third-order valence-electron chi connectivity index (χ3n) is 3.96. The van der Waals surface area contributed by atoms with Gasteiger partial charge in [0.05, 0.1) is 18.5 Å². The number of rotatable bonds is 10. The van der Waals surface area contributed by atoms with E-state index in [2.05, 4.69) is 29.5 Å². The molecule has 3 N–H and O–H groups in total. The zero-order valence-electron chi connectivity index (χ0n) is 17.3. The fourth-order valence-corrected chi connectivity index (χ4v) is 2.56. The van der Waals surface area contributed by atoms with Crippen LogP contribution in [-0.4, -0.2) is 36.8 Å². The molecule has 1 atom stereocenters. The molecule has 1 aromatic heterocycles. The summed E-state index contributed by atoms with van der Waals surface area (Å²) in [5, 5.41) is 17.0. The van der Waals surface area contributed by atoms with E-state index < -0.39 is 6.10 Å². The lowest BCUT2D eigenvalue weighted by molar-refractivity contribution is 0.180. The van der Waals surface area contributed by atoms with Gasteiger partial charge in [0.2, 0.25) is 0 Å². The van der Waals surface area contributed by atoms with Crippen LogP contribution in [0.25, 0.3) is 0 Å². The van der Waals surface area contributed by atoms with Gasteiger partial charge in [-0.3, -0.25) is 4.99 Å². The van der Waals surface area contributed by atoms with Crippen LogP contribution in [-0.2, 0) is 6.42 Å². The summed E-state index contributed by atoms with van der Waals surface area (Å²) < 4.78 is 11.0. The van der Waals surface area contributed by atoms with Gasteiger partial charge in [-0.2, -0.15) is 0 Å². The molecule has 2 rings (SSSR count). The van der Waals surface area contributed by atoms with Gasteiger partial charge in [0.15, 0.2) is 5.96 Å². The molecule has 0 aliphatic carbocycles. The molecule has 1 aromatic carbocycles. The lowest BCUT2D eigenvalue weighted by Gasteiger charge is -2.17. The number of benzene rings is 1. The highest BCUT2D eigenvalue weighted by molar-refractivity contribution is 5.79. The number of hydrogen-bond donors (Lipinski definition) is 3. The SMILES string of the molecule is CC(C)CN=C(NCCc1ccco1)NCC(O)c1ccc(OC(C)C)cc1. The number of nitrogens with zero attached hydrogens (tertiary/aromatic N) is 1. The van der Waals surface area contributed by atoms with Crippen molar-refractivity contribution < 1.29 is 14.3 Å². The zero-order valence-corrected chi connectivity index (χ0v) is 17.3. The molecular weight excluding hydrogens is 354 g/mol. The molecule has 6 nitrogen and oxygen atoms in total. The van der Waals surface area contributed by atoms with E-state index in [9.17, 15) is 5.11 Å². The Morgan fingerprint density at radius 3 is 2.46 bits per heavy atom. The smallest absolute Gasteiger partial charge is 0.191 e. The van der Waals surface area contributed by atoms with E-state index in [-0.39, 0.29) is 6.10 Å². The molecule has 154 valence electrons. The third kappa shape index (κ3) is 8.05. The first-order valence-corrected chi connectivity index (χ1v) is 9.93. The Hall–Kier alpha value is -2.47. The molecule has 0 saturated heterocycles. The molecule has 0 saturated carbocycles. The van der Waals surface area contributed by atoms with Crippen LogP contribution in [0.4, 0.5) is 0 Å². The Morgan fingerprint density at radius 2 is 1.86 bits per heavy atom. The number of aliphatic hydroxyl groups excluding tert-OH is 1. The lowest BCUT2D eigenvalue weighted by atomic mass is 10.1. The second kappa shape index (κ2) is 11.4. The van der Waals surface area contributed by atoms with E-state index in [1.807, 2.05) is 50.2 Å². The van der Waals surface area contributed by atoms with Crippen LogP contribution in [0.15, 0.2) is 52.1 Å². The third-order valence-corrected chi connectivity index (χ3v) is 3.96. The molecule has 2 aromatic rings. The first-order chi connectivity index (χ1) is 13.4. The monoisotopic (exact) mass is 387 g/mol. The largest absolute Gasteiger partial charge is 0.491 e. The number of aliphatic hydroxyl groups is 1. The van der Waals surface area contributed by atoms with E-state index in [1.165, 1.54) is 0 Å². The summed E-state index contributed by atoms with van der Waals surface area (Å²) in [7, 11) is 0. The van der Waals surface area contributed by atoms with Gasteiger partial charge in [-0.05, 0) is 49.6 Å². The van der Waals surface area contributed by atoms with Crippen molar-refractivity contribution in [3.05, 3.63) is 54.0 Å². The highest BCUT2D eigenvalue weighted by atomic mass is 16.5. The molecule has 0 radical (unpaired) electrons. The Kier molecular flexibility index (Phi) is 8.88. The van der Waals surface area contributed by atoms with E-state index >= 15 is 0 Å². The number of furan rings is 1. The van der Waals surface area contributed by atoms with E-state index in [0.717, 1.165) is 23.5 Å². The van der Waals surface area contributed by atoms with Crippen molar-refractivity contribution >= 4 is 5.96 Å². The highest BCUT2D eigenvalue weighted by Crippen LogP contribution is 2.18. The summed E-state index contributed by atoms with van der Waals surface area (Å²) in [6, 6.07) is 11.4. The average Bonchev–Trinajstić information content (AvgIpc) is 3.16. The minimum absolute atomic E-state index is 0.129. The Morgan fingerprint density at radius 1 is 1.11 bits per heavy atom. The molecule has 1 heterocycles. The van der Waals surface area contributed by atoms with Gasteiger partial charge in [0, 0.05) is 26.1 Å². The summed E-state index contributed by atoms with van der Waals surface area (Å²) in [4.78, 5) is 4.59. The van der Waals surface area contributed by atoms with Gasteiger partial charge >= 0.3 is 0 Å². The van der Waals surface area contributed by atoms with Crippen molar-refractivity contribution in [2.75, 3.05) is 19.6 Å². The molecule has 28 heavy (non-hydrogen) atoms. The minimum Gasteiger partial charge on any atom is -0.491 e. The number of guanidine groups is 1. The van der Waals surface area contributed by atoms with Crippen LogP contribution in [0, 0.1) is 5.92 Å². The van der Waals surface area contributed by atoms with E-state index in [0.29, 0.717) is 31.5 Å². The molecular formula is C22H33N3O3. The normalized spacial score (nSPS) is 13.0. The minimum atomic E-state index is -0.635. The Balaban J connectivity index is 1.86. The van der Waals surface area contributed by atoms with Crippen LogP contribution >= 0.6 is 0 Å². The molecule has 6 heteroatoms. The molecule has 0 spiro atoms. The fraction of sp³-hybridized carbons (Fsp3) is 0.500. The quantitative estimate of drug-likeness (QED) is 0.429. The van der Waals surface area contributed by atoms with Crippen molar-refractivity contribution in [3.63, 3.8) is 0 Å². The topological polar surface area (TPSA) is 79.0 Å². The fourth-order valence-electron chi connectivity index (χ4n) is 2.56. The van der Waals surface area contributed by atoms with Crippen LogP contribution in [0.3, 0.4) is 0 Å². The van der Waals surface area contributed by atoms with Gasteiger partial charge in [0.25, 0.3) is 0 Å². The molecule has 0 amide bonds. The summed E-state index contributed by atoms with van der Waals surface area (Å²) in [6.45, 7) is 10.0. The number of ether oxygens (including phenoxy) is 1. The first-order valence-electron chi connectivity index (χ1n) is 9.93.